The third-order valence-electron chi connectivity index (χ3n) is 4.85. The molecule has 2 aromatic carbocycles. The summed E-state index contributed by atoms with van der Waals surface area (Å²) in [7, 11) is -7.04. The van der Waals surface area contributed by atoms with Crippen LogP contribution in [-0.2, 0) is 19.9 Å². The predicted molar refractivity (Wildman–Crippen MR) is 117 cm³/mol. The van der Waals surface area contributed by atoms with Gasteiger partial charge in [-0.25, -0.2) is 21.6 Å². The van der Waals surface area contributed by atoms with E-state index in [1.165, 1.54) is 24.3 Å². The quantitative estimate of drug-likeness (QED) is 0.543. The molecule has 0 spiro atoms. The number of aryl methyl sites for hydroxylation is 1. The highest BCUT2D eigenvalue weighted by atomic mass is 32.2. The minimum atomic E-state index is -3.85. The maximum atomic E-state index is 12.4. The Morgan fingerprint density at radius 3 is 2.55 bits per heavy atom. The van der Waals surface area contributed by atoms with Gasteiger partial charge < -0.3 is 10.1 Å². The molecule has 10 heteroatoms. The number of nitrogens with one attached hydrogen (secondary N) is 2. The molecule has 0 aromatic heterocycles. The van der Waals surface area contributed by atoms with Gasteiger partial charge in [-0.2, -0.15) is 0 Å². The Kier molecular flexibility index (Phi) is 7.34. The molecule has 1 saturated heterocycles. The number of amides is 1. The molecule has 0 aliphatic carbocycles. The van der Waals surface area contributed by atoms with Gasteiger partial charge in [-0.15, -0.1) is 0 Å². The first-order valence-electron chi connectivity index (χ1n) is 9.95. The van der Waals surface area contributed by atoms with E-state index in [0.29, 0.717) is 25.1 Å². The Labute approximate surface area is 183 Å². The van der Waals surface area contributed by atoms with Gasteiger partial charge in [0.2, 0.25) is 10.0 Å². The van der Waals surface area contributed by atoms with Crippen molar-refractivity contribution in [2.24, 2.45) is 0 Å². The molecule has 8 nitrogen and oxygen atoms in total. The van der Waals surface area contributed by atoms with Gasteiger partial charge in [0.25, 0.3) is 5.91 Å². The van der Waals surface area contributed by atoms with Gasteiger partial charge >= 0.3 is 0 Å². The molecule has 1 unspecified atom stereocenters. The van der Waals surface area contributed by atoms with Crippen LogP contribution in [0.2, 0.25) is 0 Å². The van der Waals surface area contributed by atoms with Gasteiger partial charge in [0, 0.05) is 18.2 Å². The maximum Gasteiger partial charge on any atom is 0.251 e. The molecule has 2 N–H and O–H groups in total. The second-order valence-electron chi connectivity index (χ2n) is 7.52. The van der Waals surface area contributed by atoms with Gasteiger partial charge in [0.15, 0.2) is 9.84 Å². The van der Waals surface area contributed by atoms with E-state index in [9.17, 15) is 21.6 Å². The maximum absolute atomic E-state index is 12.4. The summed E-state index contributed by atoms with van der Waals surface area (Å²) in [6, 6.07) is 12.6. The summed E-state index contributed by atoms with van der Waals surface area (Å²) in [4.78, 5) is 12.2. The molecule has 3 rings (SSSR count). The highest BCUT2D eigenvalue weighted by Gasteiger charge is 2.31. The van der Waals surface area contributed by atoms with Crippen LogP contribution in [0.15, 0.2) is 53.4 Å². The van der Waals surface area contributed by atoms with E-state index in [0.717, 1.165) is 11.3 Å². The Bertz CT molecular complexity index is 1130. The van der Waals surface area contributed by atoms with E-state index in [1.807, 2.05) is 31.2 Å². The van der Waals surface area contributed by atoms with Crippen molar-refractivity contribution in [2.75, 3.05) is 24.7 Å². The summed E-state index contributed by atoms with van der Waals surface area (Å²) >= 11 is 0. The van der Waals surface area contributed by atoms with Gasteiger partial charge in [-0.3, -0.25) is 4.79 Å². The van der Waals surface area contributed by atoms with Crippen LogP contribution < -0.4 is 14.8 Å². The van der Waals surface area contributed by atoms with Crippen molar-refractivity contribution in [2.45, 2.75) is 30.7 Å². The van der Waals surface area contributed by atoms with Gasteiger partial charge in [-0.1, -0.05) is 12.1 Å². The largest absolute Gasteiger partial charge is 0.494 e. The number of ether oxygens (including phenoxy) is 1. The van der Waals surface area contributed by atoms with E-state index in [-0.39, 0.29) is 28.7 Å². The predicted octanol–water partition coefficient (Wildman–Crippen LogP) is 1.66. The molecule has 0 saturated carbocycles. The zero-order valence-electron chi connectivity index (χ0n) is 17.2. The Hall–Kier alpha value is -2.43. The van der Waals surface area contributed by atoms with E-state index in [1.54, 1.807) is 0 Å². The molecule has 1 amide bonds. The molecule has 1 aliphatic rings. The van der Waals surface area contributed by atoms with E-state index in [2.05, 4.69) is 10.0 Å². The molecule has 1 fully saturated rings. The summed E-state index contributed by atoms with van der Waals surface area (Å²) in [6.07, 6.45) is 0.885. The van der Waals surface area contributed by atoms with Crippen LogP contribution >= 0.6 is 0 Å². The Morgan fingerprint density at radius 1 is 1.16 bits per heavy atom. The second kappa shape index (κ2) is 9.80. The molecule has 168 valence electrons. The third-order valence-corrected chi connectivity index (χ3v) is 8.15. The number of hydrogen-bond donors (Lipinski definition) is 2. The van der Waals surface area contributed by atoms with Gasteiger partial charge in [-0.05, 0) is 61.7 Å². The number of carbonyl (C=O) groups excluding carboxylic acids is 1. The average Bonchev–Trinajstić information content (AvgIpc) is 3.05. The van der Waals surface area contributed by atoms with E-state index in [4.69, 9.17) is 4.74 Å². The summed E-state index contributed by atoms with van der Waals surface area (Å²) < 4.78 is 56.0. The number of sulfone groups is 1. The first kappa shape index (κ1) is 23.2. The van der Waals surface area contributed by atoms with Crippen molar-refractivity contribution in [3.8, 4) is 5.75 Å². The fourth-order valence-electron chi connectivity index (χ4n) is 3.23. The van der Waals surface area contributed by atoms with Gasteiger partial charge in [0.1, 0.15) is 5.75 Å². The molecule has 0 radical (unpaired) electrons. The summed E-state index contributed by atoms with van der Waals surface area (Å²) in [5.41, 5.74) is 1.45. The van der Waals surface area contributed by atoms with Crippen molar-refractivity contribution in [1.82, 2.24) is 10.0 Å². The normalized spacial score (nSPS) is 17.9. The third kappa shape index (κ3) is 6.78. The zero-order valence-corrected chi connectivity index (χ0v) is 18.8. The number of rotatable bonds is 9. The van der Waals surface area contributed by atoms with E-state index >= 15 is 0 Å². The fourth-order valence-corrected chi connectivity index (χ4v) is 6.28. The Balaban J connectivity index is 1.46. The lowest BCUT2D eigenvalue weighted by Crippen LogP contribution is -2.35. The number of carbonyl (C=O) groups is 1. The van der Waals surface area contributed by atoms with Crippen molar-refractivity contribution in [3.63, 3.8) is 0 Å². The molecule has 31 heavy (non-hydrogen) atoms. The van der Waals surface area contributed by atoms with Crippen LogP contribution in [0.3, 0.4) is 0 Å². The summed E-state index contributed by atoms with van der Waals surface area (Å²) in [5, 5.41) is 2.77. The first-order valence-corrected chi connectivity index (χ1v) is 13.3. The minimum Gasteiger partial charge on any atom is -0.494 e. The fraction of sp³-hybridized carbons (Fsp3) is 0.381. The molecule has 1 heterocycles. The smallest absolute Gasteiger partial charge is 0.251 e. The number of hydrogen-bond acceptors (Lipinski definition) is 6. The topological polar surface area (TPSA) is 119 Å². The lowest BCUT2D eigenvalue weighted by molar-refractivity contribution is 0.0951. The van der Waals surface area contributed by atoms with Crippen LogP contribution in [0.5, 0.6) is 5.75 Å². The lowest BCUT2D eigenvalue weighted by atomic mass is 10.2. The molecular formula is C21H26N2O6S2. The summed E-state index contributed by atoms with van der Waals surface area (Å²) in [5.74, 6) is 0.261. The first-order chi connectivity index (χ1) is 14.6. The number of benzene rings is 2. The Morgan fingerprint density at radius 2 is 1.90 bits per heavy atom. The number of sulfonamides is 1. The molecule has 2 aromatic rings. The molecule has 1 atom stereocenters. The molecule has 0 bridgehead atoms. The van der Waals surface area contributed by atoms with Crippen LogP contribution in [0.1, 0.15) is 28.8 Å². The van der Waals surface area contributed by atoms with Crippen LogP contribution in [0.4, 0.5) is 0 Å². The van der Waals surface area contributed by atoms with Gasteiger partial charge in [0.05, 0.1) is 23.0 Å². The average molecular weight is 467 g/mol. The monoisotopic (exact) mass is 466 g/mol. The standard InChI is InChI=1S/C21H26N2O6S2/c1-16-4-2-5-19(14-16)29-12-3-11-22-21(24)17-6-8-20(9-7-17)31(27,28)23-18-10-13-30(25,26)15-18/h2,4-9,14,18,23H,3,10-13,15H2,1H3,(H,22,24). The van der Waals surface area contributed by atoms with Crippen molar-refractivity contribution in [1.29, 1.82) is 0 Å². The molecular weight excluding hydrogens is 440 g/mol. The second-order valence-corrected chi connectivity index (χ2v) is 11.5. The molecule has 1 aliphatic heterocycles. The van der Waals surface area contributed by atoms with Crippen molar-refractivity contribution in [3.05, 3.63) is 59.7 Å². The lowest BCUT2D eigenvalue weighted by Gasteiger charge is -2.12. The van der Waals surface area contributed by atoms with Crippen molar-refractivity contribution < 1.29 is 26.4 Å². The highest BCUT2D eigenvalue weighted by Crippen LogP contribution is 2.16. The van der Waals surface area contributed by atoms with Crippen molar-refractivity contribution >= 4 is 25.8 Å². The van der Waals surface area contributed by atoms with E-state index < -0.39 is 25.9 Å². The zero-order chi connectivity index (χ0) is 22.5. The SMILES string of the molecule is Cc1cccc(OCCCNC(=O)c2ccc(S(=O)(=O)NC3CCS(=O)(=O)C3)cc2)c1. The van der Waals surface area contributed by atoms with Crippen LogP contribution in [0.25, 0.3) is 0 Å². The summed E-state index contributed by atoms with van der Waals surface area (Å²) in [6.45, 7) is 2.87. The minimum absolute atomic E-state index is 0.0140. The van der Waals surface area contributed by atoms with Crippen LogP contribution in [0, 0.1) is 6.92 Å². The van der Waals surface area contributed by atoms with Crippen LogP contribution in [-0.4, -0.2) is 53.4 Å². The highest BCUT2D eigenvalue weighted by molar-refractivity contribution is 7.92.